The zero-order chi connectivity index (χ0) is 25.4. The van der Waals surface area contributed by atoms with E-state index < -0.39 is 0 Å². The third-order valence-electron chi connectivity index (χ3n) is 8.70. The van der Waals surface area contributed by atoms with Gasteiger partial charge in [-0.3, -0.25) is 9.59 Å². The second-order valence-electron chi connectivity index (χ2n) is 10.5. The number of oxime groups is 1. The number of carbonyl (C=O) groups is 2. The Kier molecular flexibility index (Phi) is 4.62. The van der Waals surface area contributed by atoms with Crippen LogP contribution in [0.1, 0.15) is 17.5 Å². The lowest BCUT2D eigenvalue weighted by atomic mass is 9.71. The summed E-state index contributed by atoms with van der Waals surface area (Å²) in [5.74, 6) is 0.899. The summed E-state index contributed by atoms with van der Waals surface area (Å²) in [6.45, 7) is 0.636. The number of ether oxygens (including phenoxy) is 3. The summed E-state index contributed by atoms with van der Waals surface area (Å²) in [5, 5.41) is 4.46. The number of hydrogen-bond donors (Lipinski definition) is 0. The van der Waals surface area contributed by atoms with E-state index in [1.807, 2.05) is 54.6 Å². The van der Waals surface area contributed by atoms with E-state index in [-0.39, 0.29) is 54.3 Å². The maximum Gasteiger partial charge on any atom is 0.238 e. The number of fused-ring (bicyclic) bond motifs is 9. The van der Waals surface area contributed by atoms with E-state index in [4.69, 9.17) is 19.0 Å². The number of hydrogen-bond acceptors (Lipinski definition) is 7. The molecule has 6 atom stereocenters. The highest BCUT2D eigenvalue weighted by Gasteiger charge is 2.70. The van der Waals surface area contributed by atoms with E-state index >= 15 is 0 Å². The molecule has 2 bridgehead atoms. The van der Waals surface area contributed by atoms with Crippen LogP contribution in [-0.2, 0) is 21.0 Å². The van der Waals surface area contributed by atoms with Crippen LogP contribution in [0.4, 0.5) is 5.69 Å². The summed E-state index contributed by atoms with van der Waals surface area (Å²) in [6, 6.07) is 23.1. The third-order valence-corrected chi connectivity index (χ3v) is 8.70. The highest BCUT2D eigenvalue weighted by atomic mass is 16.7. The van der Waals surface area contributed by atoms with Crippen molar-refractivity contribution in [3.05, 3.63) is 83.9 Å². The van der Waals surface area contributed by atoms with E-state index in [0.29, 0.717) is 23.8 Å². The molecule has 8 nitrogen and oxygen atoms in total. The summed E-state index contributed by atoms with van der Waals surface area (Å²) in [5.41, 5.74) is 3.45. The second kappa shape index (κ2) is 8.08. The Morgan fingerprint density at radius 2 is 1.61 bits per heavy atom. The number of carbonyl (C=O) groups excluding carboxylic acids is 2. The van der Waals surface area contributed by atoms with Gasteiger partial charge in [-0.15, -0.1) is 0 Å². The predicted molar refractivity (Wildman–Crippen MR) is 136 cm³/mol. The molecule has 0 aromatic heterocycles. The molecular formula is C30H24N2O6. The largest absolute Gasteiger partial charge is 0.489 e. The molecule has 3 fully saturated rings. The summed E-state index contributed by atoms with van der Waals surface area (Å²) in [4.78, 5) is 34.5. The Morgan fingerprint density at radius 1 is 0.842 bits per heavy atom. The summed E-state index contributed by atoms with van der Waals surface area (Å²) >= 11 is 0. The van der Waals surface area contributed by atoms with Gasteiger partial charge >= 0.3 is 0 Å². The molecule has 2 aliphatic carbocycles. The molecule has 2 amide bonds. The van der Waals surface area contributed by atoms with Crippen LogP contribution in [0.15, 0.2) is 78.0 Å². The average Bonchev–Trinajstić information content (AvgIpc) is 3.76. The number of imide groups is 1. The SMILES string of the molecule is O=C1[C@@H]2[C@@H]3C[C@@H]([C@H]4C(c5ccc(OCc6ccccc6)cc5)=NO[C@@H]34)[C@@H]2C(=O)N1c1ccc2c(c1)OCO2. The Bertz CT molecular complexity index is 1490. The second-order valence-corrected chi connectivity index (χ2v) is 10.5. The zero-order valence-corrected chi connectivity index (χ0v) is 20.4. The highest BCUT2D eigenvalue weighted by molar-refractivity contribution is 6.23. The van der Waals surface area contributed by atoms with Crippen molar-refractivity contribution in [3.63, 3.8) is 0 Å². The van der Waals surface area contributed by atoms with Crippen LogP contribution in [0.5, 0.6) is 17.2 Å². The number of anilines is 1. The van der Waals surface area contributed by atoms with E-state index in [0.717, 1.165) is 29.0 Å². The molecular weight excluding hydrogens is 484 g/mol. The van der Waals surface area contributed by atoms with Crippen molar-refractivity contribution in [1.29, 1.82) is 0 Å². The van der Waals surface area contributed by atoms with Crippen LogP contribution in [0.3, 0.4) is 0 Å². The molecule has 5 aliphatic rings. The van der Waals surface area contributed by atoms with Gasteiger partial charge in [0.05, 0.1) is 23.2 Å². The van der Waals surface area contributed by atoms with Gasteiger partial charge in [0.15, 0.2) is 11.5 Å². The topological polar surface area (TPSA) is 86.7 Å². The number of rotatable bonds is 5. The van der Waals surface area contributed by atoms with Gasteiger partial charge in [-0.25, -0.2) is 4.90 Å². The van der Waals surface area contributed by atoms with Crippen molar-refractivity contribution in [2.75, 3.05) is 11.7 Å². The van der Waals surface area contributed by atoms with Crippen molar-refractivity contribution >= 4 is 23.2 Å². The summed E-state index contributed by atoms with van der Waals surface area (Å²) in [7, 11) is 0. The molecule has 8 rings (SSSR count). The van der Waals surface area contributed by atoms with Crippen LogP contribution >= 0.6 is 0 Å². The maximum atomic E-state index is 13.7. The minimum atomic E-state index is -0.373. The molecule has 3 heterocycles. The highest BCUT2D eigenvalue weighted by Crippen LogP contribution is 2.62. The van der Waals surface area contributed by atoms with Crippen LogP contribution in [0.2, 0.25) is 0 Å². The Labute approximate surface area is 218 Å². The quantitative estimate of drug-likeness (QED) is 0.481. The van der Waals surface area contributed by atoms with Gasteiger partial charge in [-0.2, -0.15) is 0 Å². The monoisotopic (exact) mass is 508 g/mol. The van der Waals surface area contributed by atoms with E-state index in [9.17, 15) is 9.59 Å². The molecule has 2 saturated carbocycles. The smallest absolute Gasteiger partial charge is 0.238 e. The molecule has 38 heavy (non-hydrogen) atoms. The molecule has 190 valence electrons. The molecule has 0 radical (unpaired) electrons. The third kappa shape index (κ3) is 3.06. The van der Waals surface area contributed by atoms with Crippen LogP contribution in [0.25, 0.3) is 0 Å². The minimum absolute atomic E-state index is 0.00853. The Hall–Kier alpha value is -4.33. The average molecular weight is 509 g/mol. The van der Waals surface area contributed by atoms with Gasteiger partial charge < -0.3 is 19.0 Å². The molecule has 0 N–H and O–H groups in total. The first kappa shape index (κ1) is 21.7. The Morgan fingerprint density at radius 3 is 2.42 bits per heavy atom. The van der Waals surface area contributed by atoms with Gasteiger partial charge in [-0.1, -0.05) is 35.5 Å². The number of benzene rings is 3. The van der Waals surface area contributed by atoms with Crippen LogP contribution in [-0.4, -0.2) is 30.4 Å². The molecule has 0 spiro atoms. The van der Waals surface area contributed by atoms with Gasteiger partial charge in [0, 0.05) is 23.5 Å². The number of nitrogens with zero attached hydrogens (tertiary/aromatic N) is 2. The van der Waals surface area contributed by atoms with E-state index in [1.165, 1.54) is 4.90 Å². The lowest BCUT2D eigenvalue weighted by Crippen LogP contribution is -2.41. The lowest BCUT2D eigenvalue weighted by molar-refractivity contribution is -0.125. The van der Waals surface area contributed by atoms with Crippen LogP contribution < -0.4 is 19.1 Å². The minimum Gasteiger partial charge on any atom is -0.489 e. The zero-order valence-electron chi connectivity index (χ0n) is 20.4. The predicted octanol–water partition coefficient (Wildman–Crippen LogP) is 4.17. The van der Waals surface area contributed by atoms with Crippen molar-refractivity contribution in [2.45, 2.75) is 19.1 Å². The molecule has 8 heteroatoms. The van der Waals surface area contributed by atoms with Crippen molar-refractivity contribution < 1.29 is 28.6 Å². The molecule has 3 aromatic rings. The van der Waals surface area contributed by atoms with E-state index in [1.54, 1.807) is 18.2 Å². The lowest BCUT2D eigenvalue weighted by Gasteiger charge is -2.29. The summed E-state index contributed by atoms with van der Waals surface area (Å²) in [6.07, 6.45) is 0.618. The fourth-order valence-electron chi connectivity index (χ4n) is 7.11. The molecule has 3 aliphatic heterocycles. The van der Waals surface area contributed by atoms with Gasteiger partial charge in [0.25, 0.3) is 0 Å². The normalized spacial score (nSPS) is 29.8. The standard InChI is InChI=1S/C30H24N2O6/c33-29-24-20-13-21(25(24)30(34)32(29)18-8-11-22-23(12-18)37-15-36-22)28-26(20)27(31-38-28)17-6-9-19(10-7-17)35-14-16-4-2-1-3-5-16/h1-12,20-21,24-26,28H,13-15H2/t20-,21+,24+,25-,26+,28+/m1/s1. The van der Waals surface area contributed by atoms with Crippen LogP contribution in [0, 0.1) is 29.6 Å². The van der Waals surface area contributed by atoms with Gasteiger partial charge in [-0.05, 0) is 54.3 Å². The summed E-state index contributed by atoms with van der Waals surface area (Å²) < 4.78 is 16.8. The van der Waals surface area contributed by atoms with Crippen molar-refractivity contribution in [2.24, 2.45) is 34.7 Å². The van der Waals surface area contributed by atoms with Gasteiger partial charge in [0.1, 0.15) is 18.5 Å². The Balaban J connectivity index is 1.02. The maximum absolute atomic E-state index is 13.7. The molecule has 3 aromatic carbocycles. The van der Waals surface area contributed by atoms with Crippen molar-refractivity contribution in [3.8, 4) is 17.2 Å². The van der Waals surface area contributed by atoms with E-state index in [2.05, 4.69) is 5.16 Å². The van der Waals surface area contributed by atoms with Crippen molar-refractivity contribution in [1.82, 2.24) is 0 Å². The number of amides is 2. The first-order valence-electron chi connectivity index (χ1n) is 13.0. The molecule has 0 unspecified atom stereocenters. The molecule has 1 saturated heterocycles. The fraction of sp³-hybridized carbons (Fsp3) is 0.300. The fourth-order valence-corrected chi connectivity index (χ4v) is 7.11. The first-order valence-corrected chi connectivity index (χ1v) is 13.0. The first-order chi connectivity index (χ1) is 18.7. The van der Waals surface area contributed by atoms with Gasteiger partial charge in [0.2, 0.25) is 18.6 Å².